The van der Waals surface area contributed by atoms with Gasteiger partial charge in [0.15, 0.2) is 0 Å². The number of likely N-dealkylation sites (tertiary alicyclic amines) is 1. The molecule has 3 rings (SSSR count). The van der Waals surface area contributed by atoms with E-state index < -0.39 is 6.09 Å². The number of rotatable bonds is 4. The summed E-state index contributed by atoms with van der Waals surface area (Å²) < 4.78 is 6.61. The first-order valence-corrected chi connectivity index (χ1v) is 8.05. The highest BCUT2D eigenvalue weighted by molar-refractivity contribution is 9.10. The first kappa shape index (κ1) is 14.8. The highest BCUT2D eigenvalue weighted by atomic mass is 79.9. The highest BCUT2D eigenvalue weighted by Crippen LogP contribution is 2.59. The van der Waals surface area contributed by atoms with Gasteiger partial charge in [0.25, 0.3) is 0 Å². The Hall–Kier alpha value is -1.14. The summed E-state index contributed by atoms with van der Waals surface area (Å²) in [4.78, 5) is 16.8. The molecule has 21 heavy (non-hydrogen) atoms. The van der Waals surface area contributed by atoms with Gasteiger partial charge in [-0.25, -0.2) is 9.78 Å². The van der Waals surface area contributed by atoms with Crippen LogP contribution in [0.4, 0.5) is 4.79 Å². The van der Waals surface area contributed by atoms with E-state index in [4.69, 9.17) is 9.84 Å². The van der Waals surface area contributed by atoms with Crippen molar-refractivity contribution in [2.45, 2.75) is 25.9 Å². The standard InChI is InChI=1S/C15H19BrN2O3/c16-13-3-1-2-12(17-13)10-21-9-11-8-15(11)4-6-18(7-5-15)14(19)20/h1-3,11H,4-10H2,(H,19,20)/t11-/m0/s1. The van der Waals surface area contributed by atoms with E-state index in [1.54, 1.807) is 0 Å². The lowest BCUT2D eigenvalue weighted by Crippen LogP contribution is -2.38. The maximum absolute atomic E-state index is 10.9. The van der Waals surface area contributed by atoms with Gasteiger partial charge in [0.2, 0.25) is 0 Å². The van der Waals surface area contributed by atoms with Crippen LogP contribution in [0.2, 0.25) is 0 Å². The van der Waals surface area contributed by atoms with E-state index >= 15 is 0 Å². The topological polar surface area (TPSA) is 62.7 Å². The first-order chi connectivity index (χ1) is 10.1. The van der Waals surface area contributed by atoms with E-state index in [1.165, 1.54) is 11.3 Å². The fourth-order valence-electron chi connectivity index (χ4n) is 3.26. The van der Waals surface area contributed by atoms with Crippen LogP contribution in [0.15, 0.2) is 22.8 Å². The molecule has 6 heteroatoms. The number of amides is 1. The molecule has 114 valence electrons. The van der Waals surface area contributed by atoms with Gasteiger partial charge in [-0.15, -0.1) is 0 Å². The third kappa shape index (κ3) is 3.37. The Morgan fingerprint density at radius 3 is 2.90 bits per heavy atom. The molecule has 1 atom stereocenters. The minimum absolute atomic E-state index is 0.344. The van der Waals surface area contributed by atoms with E-state index in [0.29, 0.717) is 31.0 Å². The molecule has 0 bridgehead atoms. The molecule has 1 saturated carbocycles. The fraction of sp³-hybridized carbons (Fsp3) is 0.600. The van der Waals surface area contributed by atoms with E-state index in [-0.39, 0.29) is 0 Å². The lowest BCUT2D eigenvalue weighted by atomic mass is 9.91. The van der Waals surface area contributed by atoms with Gasteiger partial charge >= 0.3 is 6.09 Å². The van der Waals surface area contributed by atoms with Gasteiger partial charge in [-0.1, -0.05) is 6.07 Å². The van der Waals surface area contributed by atoms with Gasteiger partial charge in [0.1, 0.15) is 4.60 Å². The highest BCUT2D eigenvalue weighted by Gasteiger charge is 2.54. The largest absolute Gasteiger partial charge is 0.465 e. The number of carbonyl (C=O) groups is 1. The van der Waals surface area contributed by atoms with E-state index in [1.807, 2.05) is 18.2 Å². The van der Waals surface area contributed by atoms with Crippen LogP contribution in [0.3, 0.4) is 0 Å². The number of carboxylic acid groups (broad SMARTS) is 1. The summed E-state index contributed by atoms with van der Waals surface area (Å²) in [7, 11) is 0. The lowest BCUT2D eigenvalue weighted by Gasteiger charge is -2.31. The molecule has 1 aliphatic heterocycles. The number of hydrogen-bond donors (Lipinski definition) is 1. The molecule has 0 unspecified atom stereocenters. The van der Waals surface area contributed by atoms with Crippen LogP contribution in [0.5, 0.6) is 0 Å². The predicted octanol–water partition coefficient (Wildman–Crippen LogP) is 3.14. The van der Waals surface area contributed by atoms with Crippen molar-refractivity contribution in [3.63, 3.8) is 0 Å². The normalized spacial score (nSPS) is 23.3. The molecular weight excluding hydrogens is 336 g/mol. The van der Waals surface area contributed by atoms with Crippen molar-refractivity contribution < 1.29 is 14.6 Å². The number of nitrogens with zero attached hydrogens (tertiary/aromatic N) is 2. The zero-order valence-corrected chi connectivity index (χ0v) is 13.4. The van der Waals surface area contributed by atoms with E-state index in [0.717, 1.165) is 29.7 Å². The third-order valence-electron chi connectivity index (χ3n) is 4.73. The van der Waals surface area contributed by atoms with E-state index in [2.05, 4.69) is 20.9 Å². The summed E-state index contributed by atoms with van der Waals surface area (Å²) in [5.41, 5.74) is 1.27. The summed E-state index contributed by atoms with van der Waals surface area (Å²) in [6, 6.07) is 5.81. The van der Waals surface area contributed by atoms with Crippen LogP contribution < -0.4 is 0 Å². The second kappa shape index (κ2) is 5.93. The molecule has 5 nitrogen and oxygen atoms in total. The molecule has 1 aromatic heterocycles. The van der Waals surface area contributed by atoms with Gasteiger partial charge in [0, 0.05) is 13.1 Å². The molecule has 0 aromatic carbocycles. The third-order valence-corrected chi connectivity index (χ3v) is 5.17. The Balaban J connectivity index is 1.42. The van der Waals surface area contributed by atoms with Crippen molar-refractivity contribution in [1.82, 2.24) is 9.88 Å². The average Bonchev–Trinajstić information content (AvgIpc) is 3.11. The number of piperidine rings is 1. The Kier molecular flexibility index (Phi) is 4.17. The van der Waals surface area contributed by atoms with Crippen LogP contribution in [-0.4, -0.2) is 40.8 Å². The predicted molar refractivity (Wildman–Crippen MR) is 81.0 cm³/mol. The summed E-state index contributed by atoms with van der Waals surface area (Å²) in [5.74, 6) is 0.584. The zero-order valence-electron chi connectivity index (χ0n) is 11.8. The summed E-state index contributed by atoms with van der Waals surface area (Å²) in [6.45, 7) is 2.62. The van der Waals surface area contributed by atoms with Crippen molar-refractivity contribution >= 4 is 22.0 Å². The molecular formula is C15H19BrN2O3. The molecule has 1 saturated heterocycles. The van der Waals surface area contributed by atoms with Crippen LogP contribution in [0.1, 0.15) is 25.0 Å². The number of halogens is 1. The SMILES string of the molecule is O=C(O)N1CCC2(CC1)C[C@H]2COCc1cccc(Br)n1. The van der Waals surface area contributed by atoms with Gasteiger partial charge in [-0.2, -0.15) is 0 Å². The number of pyridine rings is 1. The Morgan fingerprint density at radius 1 is 1.48 bits per heavy atom. The number of ether oxygens (including phenoxy) is 1. The minimum Gasteiger partial charge on any atom is -0.465 e. The fourth-order valence-corrected chi connectivity index (χ4v) is 3.64. The van der Waals surface area contributed by atoms with Crippen molar-refractivity contribution in [1.29, 1.82) is 0 Å². The van der Waals surface area contributed by atoms with Crippen LogP contribution in [0.25, 0.3) is 0 Å². The molecule has 1 aliphatic carbocycles. The van der Waals surface area contributed by atoms with Crippen molar-refractivity contribution in [2.75, 3.05) is 19.7 Å². The van der Waals surface area contributed by atoms with Gasteiger partial charge in [-0.05, 0) is 58.7 Å². The monoisotopic (exact) mass is 354 g/mol. The van der Waals surface area contributed by atoms with Crippen molar-refractivity contribution in [2.24, 2.45) is 11.3 Å². The minimum atomic E-state index is -0.793. The molecule has 1 amide bonds. The molecule has 0 radical (unpaired) electrons. The number of hydrogen-bond acceptors (Lipinski definition) is 3. The Bertz CT molecular complexity index is 529. The first-order valence-electron chi connectivity index (χ1n) is 7.26. The van der Waals surface area contributed by atoms with E-state index in [9.17, 15) is 4.79 Å². The molecule has 1 spiro atoms. The second-order valence-electron chi connectivity index (χ2n) is 6.00. The van der Waals surface area contributed by atoms with Gasteiger partial charge in [0.05, 0.1) is 18.9 Å². The molecule has 2 heterocycles. The zero-order chi connectivity index (χ0) is 14.9. The Labute approximate surface area is 132 Å². The smallest absolute Gasteiger partial charge is 0.407 e. The quantitative estimate of drug-likeness (QED) is 0.843. The van der Waals surface area contributed by atoms with Gasteiger partial charge < -0.3 is 14.7 Å². The molecule has 1 N–H and O–H groups in total. The average molecular weight is 355 g/mol. The van der Waals surface area contributed by atoms with Gasteiger partial charge in [-0.3, -0.25) is 0 Å². The lowest BCUT2D eigenvalue weighted by molar-refractivity contribution is 0.0825. The second-order valence-corrected chi connectivity index (χ2v) is 6.81. The summed E-state index contributed by atoms with van der Waals surface area (Å²) in [5, 5.41) is 8.98. The maximum Gasteiger partial charge on any atom is 0.407 e. The molecule has 1 aromatic rings. The van der Waals surface area contributed by atoms with Crippen molar-refractivity contribution in [3.8, 4) is 0 Å². The Morgan fingerprint density at radius 2 is 2.24 bits per heavy atom. The summed E-state index contributed by atoms with van der Waals surface area (Å²) >= 11 is 3.35. The molecule has 2 aliphatic rings. The van der Waals surface area contributed by atoms with Crippen LogP contribution in [0, 0.1) is 11.3 Å². The van der Waals surface area contributed by atoms with Crippen LogP contribution >= 0.6 is 15.9 Å². The summed E-state index contributed by atoms with van der Waals surface area (Å²) in [6.07, 6.45) is 2.33. The molecule has 2 fully saturated rings. The maximum atomic E-state index is 10.9. The van der Waals surface area contributed by atoms with Crippen molar-refractivity contribution in [3.05, 3.63) is 28.5 Å². The number of aromatic nitrogens is 1. The van der Waals surface area contributed by atoms with Crippen LogP contribution in [-0.2, 0) is 11.3 Å².